The maximum Gasteiger partial charge on any atom is 0.255 e. The van der Waals surface area contributed by atoms with Crippen molar-refractivity contribution in [1.82, 2.24) is 24.6 Å². The Morgan fingerprint density at radius 1 is 1.26 bits per heavy atom. The topological polar surface area (TPSA) is 98.3 Å². The molecule has 158 valence electrons. The maximum atomic E-state index is 12.9. The highest BCUT2D eigenvalue weighted by molar-refractivity contribution is 5.94. The number of pyridine rings is 1. The molecule has 1 amide bonds. The second-order valence-electron chi connectivity index (χ2n) is 7.96. The van der Waals surface area contributed by atoms with Crippen LogP contribution in [0.25, 0.3) is 17.1 Å². The molecule has 1 saturated heterocycles. The zero-order valence-electron chi connectivity index (χ0n) is 17.8. The zero-order chi connectivity index (χ0) is 22.1. The number of carbonyl (C=O) groups is 1. The van der Waals surface area contributed by atoms with Gasteiger partial charge in [-0.2, -0.15) is 10.4 Å². The minimum Gasteiger partial charge on any atom is -0.504 e. The molecule has 3 aromatic rings. The van der Waals surface area contributed by atoms with Crippen molar-refractivity contribution in [2.75, 3.05) is 26.7 Å². The van der Waals surface area contributed by atoms with Gasteiger partial charge in [0.2, 0.25) is 0 Å². The number of nitriles is 1. The van der Waals surface area contributed by atoms with Crippen LogP contribution < -0.4 is 0 Å². The number of amides is 1. The Bertz CT molecular complexity index is 1160. The first-order valence-electron chi connectivity index (χ1n) is 10.1. The summed E-state index contributed by atoms with van der Waals surface area (Å²) in [5.41, 5.74) is 3.04. The molecule has 0 radical (unpaired) electrons. The molecule has 1 N–H and O–H groups in total. The van der Waals surface area contributed by atoms with Gasteiger partial charge in [-0.25, -0.2) is 9.67 Å². The number of aromatic hydroxyl groups is 1. The maximum absolute atomic E-state index is 12.9. The summed E-state index contributed by atoms with van der Waals surface area (Å²) in [7, 11) is 2.06. The van der Waals surface area contributed by atoms with Gasteiger partial charge in [-0.1, -0.05) is 6.07 Å². The third-order valence-electron chi connectivity index (χ3n) is 5.64. The van der Waals surface area contributed by atoms with Gasteiger partial charge < -0.3 is 14.9 Å². The van der Waals surface area contributed by atoms with E-state index in [1.165, 1.54) is 10.9 Å². The molecule has 8 heteroatoms. The molecule has 31 heavy (non-hydrogen) atoms. The van der Waals surface area contributed by atoms with Gasteiger partial charge in [0, 0.05) is 37.4 Å². The van der Waals surface area contributed by atoms with Gasteiger partial charge in [0.25, 0.3) is 5.91 Å². The first kappa shape index (κ1) is 20.6. The van der Waals surface area contributed by atoms with E-state index in [0.717, 1.165) is 18.7 Å². The van der Waals surface area contributed by atoms with Crippen molar-refractivity contribution < 1.29 is 9.90 Å². The molecular weight excluding hydrogens is 392 g/mol. The first-order chi connectivity index (χ1) is 14.9. The SMILES string of the molecule is Cc1cc(-c2nn(-c3ccc(C(=O)N4CCN(C)CC4C)cn3)cc2O)ccc1C#N. The predicted molar refractivity (Wildman–Crippen MR) is 116 cm³/mol. The van der Waals surface area contributed by atoms with Crippen LogP contribution in [0.4, 0.5) is 0 Å². The standard InChI is InChI=1S/C23H24N6O2/c1-15-10-17(4-5-18(15)11-24)22-20(30)14-29(26-22)21-7-6-19(12-25-21)23(31)28-9-8-27(3)13-16(28)2/h4-7,10,12,14,16,30H,8-9,13H2,1-3H3. The van der Waals surface area contributed by atoms with E-state index in [0.29, 0.717) is 34.7 Å². The Hall–Kier alpha value is -3.70. The molecule has 2 aromatic heterocycles. The average molecular weight is 416 g/mol. The monoisotopic (exact) mass is 416 g/mol. The number of carbonyl (C=O) groups excluding carboxylic acids is 1. The Balaban J connectivity index is 1.56. The molecule has 0 bridgehead atoms. The summed E-state index contributed by atoms with van der Waals surface area (Å²) in [6.07, 6.45) is 3.03. The number of hydrogen-bond donors (Lipinski definition) is 1. The summed E-state index contributed by atoms with van der Waals surface area (Å²) in [5.74, 6) is 0.476. The first-order valence-corrected chi connectivity index (χ1v) is 10.1. The summed E-state index contributed by atoms with van der Waals surface area (Å²) in [6.45, 7) is 6.29. The molecule has 0 aliphatic carbocycles. The smallest absolute Gasteiger partial charge is 0.255 e. The quantitative estimate of drug-likeness (QED) is 0.705. The Morgan fingerprint density at radius 2 is 2.06 bits per heavy atom. The summed E-state index contributed by atoms with van der Waals surface area (Å²) in [4.78, 5) is 21.4. The summed E-state index contributed by atoms with van der Waals surface area (Å²) in [5, 5.41) is 23.9. The van der Waals surface area contributed by atoms with Crippen molar-refractivity contribution >= 4 is 5.91 Å². The molecule has 1 aromatic carbocycles. The van der Waals surface area contributed by atoms with Gasteiger partial charge in [-0.3, -0.25) is 4.79 Å². The zero-order valence-corrected chi connectivity index (χ0v) is 17.8. The van der Waals surface area contributed by atoms with Crippen LogP contribution in [-0.2, 0) is 0 Å². The summed E-state index contributed by atoms with van der Waals surface area (Å²) < 4.78 is 1.48. The molecule has 1 unspecified atom stereocenters. The fourth-order valence-electron chi connectivity index (χ4n) is 3.88. The minimum absolute atomic E-state index is 0.0114. The van der Waals surface area contributed by atoms with Crippen molar-refractivity contribution in [3.8, 4) is 28.9 Å². The van der Waals surface area contributed by atoms with Gasteiger partial charge in [-0.15, -0.1) is 0 Å². The van der Waals surface area contributed by atoms with E-state index in [-0.39, 0.29) is 17.7 Å². The number of benzene rings is 1. The molecule has 4 rings (SSSR count). The molecule has 0 spiro atoms. The van der Waals surface area contributed by atoms with Crippen LogP contribution in [0.15, 0.2) is 42.7 Å². The van der Waals surface area contributed by atoms with E-state index in [4.69, 9.17) is 5.26 Å². The van der Waals surface area contributed by atoms with Gasteiger partial charge in [0.1, 0.15) is 5.69 Å². The Kier molecular flexibility index (Phi) is 5.44. The highest BCUT2D eigenvalue weighted by atomic mass is 16.3. The second kappa shape index (κ2) is 8.20. The second-order valence-corrected chi connectivity index (χ2v) is 7.96. The van der Waals surface area contributed by atoms with Crippen LogP contribution in [0, 0.1) is 18.3 Å². The van der Waals surface area contributed by atoms with E-state index in [1.54, 1.807) is 30.5 Å². The minimum atomic E-state index is -0.0308. The highest BCUT2D eigenvalue weighted by Crippen LogP contribution is 2.29. The van der Waals surface area contributed by atoms with Gasteiger partial charge in [0.05, 0.1) is 23.4 Å². The number of aryl methyl sites for hydroxylation is 1. The van der Waals surface area contributed by atoms with Crippen LogP contribution in [0.5, 0.6) is 5.75 Å². The Labute approximate surface area is 181 Å². The molecule has 1 aliphatic rings. The van der Waals surface area contributed by atoms with E-state index in [9.17, 15) is 9.90 Å². The lowest BCUT2D eigenvalue weighted by Gasteiger charge is -2.38. The molecule has 1 aliphatic heterocycles. The lowest BCUT2D eigenvalue weighted by atomic mass is 10.0. The average Bonchev–Trinajstić information content (AvgIpc) is 3.15. The number of nitrogens with zero attached hydrogens (tertiary/aromatic N) is 6. The normalized spacial score (nSPS) is 16.8. The third-order valence-corrected chi connectivity index (χ3v) is 5.64. The number of piperazine rings is 1. The largest absolute Gasteiger partial charge is 0.504 e. The van der Waals surface area contributed by atoms with Crippen LogP contribution in [0.1, 0.15) is 28.4 Å². The lowest BCUT2D eigenvalue weighted by molar-refractivity contribution is 0.0533. The molecule has 1 fully saturated rings. The number of hydrogen-bond acceptors (Lipinski definition) is 6. The van der Waals surface area contributed by atoms with E-state index < -0.39 is 0 Å². The number of rotatable bonds is 3. The van der Waals surface area contributed by atoms with Crippen LogP contribution in [0.3, 0.4) is 0 Å². The molecule has 0 saturated carbocycles. The van der Waals surface area contributed by atoms with Crippen LogP contribution in [0.2, 0.25) is 0 Å². The fraction of sp³-hybridized carbons (Fsp3) is 0.304. The van der Waals surface area contributed by atoms with Crippen LogP contribution in [-0.4, -0.2) is 68.3 Å². The number of aromatic nitrogens is 3. The Morgan fingerprint density at radius 3 is 2.71 bits per heavy atom. The molecular formula is C23H24N6O2. The third kappa shape index (κ3) is 4.00. The lowest BCUT2D eigenvalue weighted by Crippen LogP contribution is -2.52. The number of likely N-dealkylation sites (N-methyl/N-ethyl adjacent to an activating group) is 1. The van der Waals surface area contributed by atoms with Crippen molar-refractivity contribution in [2.24, 2.45) is 0 Å². The van der Waals surface area contributed by atoms with Gasteiger partial charge in [0.15, 0.2) is 11.6 Å². The predicted octanol–water partition coefficient (Wildman–Crippen LogP) is 2.60. The molecule has 8 nitrogen and oxygen atoms in total. The van der Waals surface area contributed by atoms with E-state index in [2.05, 4.69) is 28.1 Å². The van der Waals surface area contributed by atoms with Gasteiger partial charge >= 0.3 is 0 Å². The fourth-order valence-corrected chi connectivity index (χ4v) is 3.88. The summed E-state index contributed by atoms with van der Waals surface area (Å²) >= 11 is 0. The molecule has 3 heterocycles. The van der Waals surface area contributed by atoms with E-state index >= 15 is 0 Å². The van der Waals surface area contributed by atoms with Crippen molar-refractivity contribution in [3.63, 3.8) is 0 Å². The van der Waals surface area contributed by atoms with Crippen LogP contribution >= 0.6 is 0 Å². The van der Waals surface area contributed by atoms with Crippen molar-refractivity contribution in [2.45, 2.75) is 19.9 Å². The van der Waals surface area contributed by atoms with Crippen molar-refractivity contribution in [1.29, 1.82) is 5.26 Å². The van der Waals surface area contributed by atoms with E-state index in [1.807, 2.05) is 24.8 Å². The molecule has 1 atom stereocenters. The highest BCUT2D eigenvalue weighted by Gasteiger charge is 2.26. The summed E-state index contributed by atoms with van der Waals surface area (Å²) in [6, 6.07) is 11.0. The van der Waals surface area contributed by atoms with Crippen molar-refractivity contribution in [3.05, 3.63) is 59.4 Å². The van der Waals surface area contributed by atoms with Gasteiger partial charge in [-0.05, 0) is 50.7 Å².